The molecule has 0 bridgehead atoms. The van der Waals surface area contributed by atoms with E-state index in [0.29, 0.717) is 10.1 Å². The molecule has 0 aliphatic carbocycles. The van der Waals surface area contributed by atoms with Crippen molar-refractivity contribution >= 4 is 32.9 Å². The Morgan fingerprint density at radius 2 is 2.14 bits per heavy atom. The van der Waals surface area contributed by atoms with Crippen LogP contribution in [0, 0.1) is 0 Å². The quantitative estimate of drug-likeness (QED) is 0.779. The molecule has 5 nitrogen and oxygen atoms in total. The van der Waals surface area contributed by atoms with E-state index in [0.717, 1.165) is 49.5 Å². The van der Waals surface area contributed by atoms with Gasteiger partial charge >= 0.3 is 4.34 Å². The molecule has 7 heteroatoms. The average Bonchev–Trinajstić information content (AvgIpc) is 2.93. The lowest BCUT2D eigenvalue weighted by Gasteiger charge is -2.32. The molecule has 0 saturated carbocycles. The highest BCUT2D eigenvalue weighted by Gasteiger charge is 2.19. The van der Waals surface area contributed by atoms with Crippen molar-refractivity contribution in [2.45, 2.75) is 10.8 Å². The van der Waals surface area contributed by atoms with E-state index in [9.17, 15) is 4.55 Å². The van der Waals surface area contributed by atoms with Gasteiger partial charge in [0.2, 0.25) is 0 Å². The summed E-state index contributed by atoms with van der Waals surface area (Å²) in [6, 6.07) is 3.78. The van der Waals surface area contributed by atoms with Crippen molar-refractivity contribution in [1.82, 2.24) is 19.8 Å². The van der Waals surface area contributed by atoms with Crippen LogP contribution < -0.4 is 0 Å². The Labute approximate surface area is 132 Å². The van der Waals surface area contributed by atoms with Gasteiger partial charge in [0.15, 0.2) is 0 Å². The molecule has 3 heterocycles. The fourth-order valence-electron chi connectivity index (χ4n) is 2.43. The Morgan fingerprint density at radius 1 is 1.33 bits per heavy atom. The second-order valence-electron chi connectivity index (χ2n) is 5.36. The Balaban J connectivity index is 1.48. The van der Waals surface area contributed by atoms with Crippen LogP contribution in [0.3, 0.4) is 0 Å². The van der Waals surface area contributed by atoms with Crippen molar-refractivity contribution in [3.8, 4) is 0 Å². The highest BCUT2D eigenvalue weighted by atomic mass is 32.2. The van der Waals surface area contributed by atoms with Gasteiger partial charge < -0.3 is 14.4 Å². The van der Waals surface area contributed by atoms with Crippen molar-refractivity contribution < 1.29 is 4.55 Å². The third-order valence-corrected chi connectivity index (χ3v) is 6.46. The molecule has 1 saturated heterocycles. The fraction of sp³-hybridized carbons (Fsp3) is 0.571. The third kappa shape index (κ3) is 3.92. The topological polar surface area (TPSA) is 55.3 Å². The van der Waals surface area contributed by atoms with E-state index in [1.54, 1.807) is 6.20 Å². The summed E-state index contributed by atoms with van der Waals surface area (Å²) in [5.74, 6) is 0.687. The number of rotatable bonds is 5. The lowest BCUT2D eigenvalue weighted by atomic mass is 10.3. The van der Waals surface area contributed by atoms with E-state index < -0.39 is 11.2 Å². The van der Waals surface area contributed by atoms with Crippen LogP contribution in [0.1, 0.15) is 6.42 Å². The lowest BCUT2D eigenvalue weighted by Crippen LogP contribution is -2.44. The highest BCUT2D eigenvalue weighted by Crippen LogP contribution is 2.24. The number of piperazine rings is 1. The van der Waals surface area contributed by atoms with E-state index in [-0.39, 0.29) is 0 Å². The van der Waals surface area contributed by atoms with Gasteiger partial charge in [0.25, 0.3) is 0 Å². The summed E-state index contributed by atoms with van der Waals surface area (Å²) in [5, 5.41) is 0. The highest BCUT2D eigenvalue weighted by molar-refractivity contribution is 7.93. The van der Waals surface area contributed by atoms with Crippen LogP contribution in [0.4, 0.5) is 0 Å². The van der Waals surface area contributed by atoms with Crippen molar-refractivity contribution in [3.63, 3.8) is 0 Å². The van der Waals surface area contributed by atoms with Crippen LogP contribution in [0.25, 0.3) is 10.3 Å². The van der Waals surface area contributed by atoms with Gasteiger partial charge in [-0.3, -0.25) is 0 Å². The van der Waals surface area contributed by atoms with Gasteiger partial charge in [0, 0.05) is 56.5 Å². The summed E-state index contributed by atoms with van der Waals surface area (Å²) in [6.45, 7) is 5.53. The van der Waals surface area contributed by atoms with Crippen LogP contribution in [0.15, 0.2) is 22.7 Å². The zero-order chi connectivity index (χ0) is 14.7. The minimum atomic E-state index is -0.997. The van der Waals surface area contributed by atoms with Gasteiger partial charge in [0.05, 0.1) is 0 Å². The molecule has 0 aromatic carbocycles. The first-order valence-corrected chi connectivity index (χ1v) is 9.37. The molecule has 1 aliphatic heterocycles. The summed E-state index contributed by atoms with van der Waals surface area (Å²) in [4.78, 5) is 14.4. The molecule has 0 spiro atoms. The van der Waals surface area contributed by atoms with Crippen LogP contribution in [-0.4, -0.2) is 69.8 Å². The van der Waals surface area contributed by atoms with Gasteiger partial charge in [-0.05, 0) is 30.5 Å². The van der Waals surface area contributed by atoms with Crippen LogP contribution in [0.5, 0.6) is 0 Å². The molecule has 0 amide bonds. The molecular weight excluding hydrogens is 304 g/mol. The van der Waals surface area contributed by atoms with Gasteiger partial charge in [0.1, 0.15) is 16.1 Å². The molecule has 0 N–H and O–H groups in total. The van der Waals surface area contributed by atoms with Crippen molar-refractivity contribution in [3.05, 3.63) is 18.3 Å². The number of aromatic nitrogens is 2. The number of pyridine rings is 1. The summed E-state index contributed by atoms with van der Waals surface area (Å²) in [7, 11) is 2.16. The van der Waals surface area contributed by atoms with Crippen LogP contribution >= 0.6 is 11.3 Å². The molecule has 2 aromatic rings. The minimum absolute atomic E-state index is 0.687. The number of fused-ring (bicyclic) bond motifs is 1. The van der Waals surface area contributed by atoms with E-state index in [4.69, 9.17) is 0 Å². The molecule has 21 heavy (non-hydrogen) atoms. The smallest absolute Gasteiger partial charge is 0.304 e. The maximum atomic E-state index is 12.3. The summed E-state index contributed by atoms with van der Waals surface area (Å²) in [6.07, 6.45) is 2.71. The SMILES string of the molecule is CN1CCN(CCC[S+]([O-])c2nc3cccnc3s2)CC1. The molecule has 1 aliphatic rings. The molecule has 0 radical (unpaired) electrons. The summed E-state index contributed by atoms with van der Waals surface area (Å²) >= 11 is 0.452. The molecule has 114 valence electrons. The number of hydrogen-bond donors (Lipinski definition) is 0. The first-order valence-electron chi connectivity index (χ1n) is 7.23. The second-order valence-corrected chi connectivity index (χ2v) is 8.08. The predicted molar refractivity (Wildman–Crippen MR) is 87.2 cm³/mol. The number of likely N-dealkylation sites (N-methyl/N-ethyl adjacent to an activating group) is 1. The Hall–Kier alpha value is -0.730. The van der Waals surface area contributed by atoms with E-state index in [1.165, 1.54) is 11.3 Å². The number of nitrogens with zero attached hydrogens (tertiary/aromatic N) is 4. The molecular formula is C14H20N4OS2. The molecule has 2 aromatic heterocycles. The fourth-order valence-corrected chi connectivity index (χ4v) is 4.69. The maximum Gasteiger partial charge on any atom is 0.304 e. The number of thiazole rings is 1. The minimum Gasteiger partial charge on any atom is -0.610 e. The molecule has 1 unspecified atom stereocenters. The van der Waals surface area contributed by atoms with E-state index in [2.05, 4.69) is 26.8 Å². The normalized spacial score (nSPS) is 19.1. The summed E-state index contributed by atoms with van der Waals surface area (Å²) < 4.78 is 13.0. The average molecular weight is 324 g/mol. The zero-order valence-electron chi connectivity index (χ0n) is 12.2. The largest absolute Gasteiger partial charge is 0.610 e. The first kappa shape index (κ1) is 15.2. The predicted octanol–water partition coefficient (Wildman–Crippen LogP) is 1.44. The second kappa shape index (κ2) is 7.02. The Kier molecular flexibility index (Phi) is 5.07. The third-order valence-electron chi connectivity index (χ3n) is 3.74. The lowest BCUT2D eigenvalue weighted by molar-refractivity contribution is 0.154. The van der Waals surface area contributed by atoms with Gasteiger partial charge in [-0.15, -0.1) is 0 Å². The standard InChI is InChI=1S/C14H20N4OS2/c1-17-7-9-18(10-8-17)6-3-11-21(19)14-16-12-4-2-5-15-13(12)20-14/h2,4-5H,3,6-11H2,1H3. The maximum absolute atomic E-state index is 12.3. The Bertz CT molecular complexity index is 550. The van der Waals surface area contributed by atoms with Crippen molar-refractivity contribution in [2.24, 2.45) is 0 Å². The monoisotopic (exact) mass is 324 g/mol. The zero-order valence-corrected chi connectivity index (χ0v) is 13.8. The number of hydrogen-bond acceptors (Lipinski definition) is 6. The van der Waals surface area contributed by atoms with Gasteiger partial charge in [-0.1, -0.05) is 0 Å². The summed E-state index contributed by atoms with van der Waals surface area (Å²) in [5.41, 5.74) is 0.852. The Morgan fingerprint density at radius 3 is 2.90 bits per heavy atom. The van der Waals surface area contributed by atoms with E-state index in [1.807, 2.05) is 12.1 Å². The van der Waals surface area contributed by atoms with Crippen LogP contribution in [-0.2, 0) is 11.2 Å². The molecule has 1 atom stereocenters. The van der Waals surface area contributed by atoms with Crippen molar-refractivity contribution in [2.75, 3.05) is 45.5 Å². The molecule has 1 fully saturated rings. The van der Waals surface area contributed by atoms with Crippen molar-refractivity contribution in [1.29, 1.82) is 0 Å². The van der Waals surface area contributed by atoms with Gasteiger partial charge in [-0.25, -0.2) is 4.98 Å². The first-order chi connectivity index (χ1) is 10.2. The van der Waals surface area contributed by atoms with Crippen LogP contribution in [0.2, 0.25) is 0 Å². The molecule has 3 rings (SSSR count). The van der Waals surface area contributed by atoms with Gasteiger partial charge in [-0.2, -0.15) is 4.98 Å². The van der Waals surface area contributed by atoms with E-state index >= 15 is 0 Å².